The minimum absolute atomic E-state index is 0.509. The van der Waals surface area contributed by atoms with Crippen molar-refractivity contribution in [3.63, 3.8) is 0 Å². The third kappa shape index (κ3) is 3.97. The van der Waals surface area contributed by atoms with Crippen LogP contribution in [0.3, 0.4) is 0 Å². The Morgan fingerprint density at radius 3 is 2.65 bits per heavy atom. The lowest BCUT2D eigenvalue weighted by atomic mass is 10.1. The Morgan fingerprint density at radius 1 is 1.20 bits per heavy atom. The number of hydrogen-bond donors (Lipinski definition) is 0. The van der Waals surface area contributed by atoms with Crippen molar-refractivity contribution in [1.82, 2.24) is 0 Å². The quantitative estimate of drug-likeness (QED) is 0.750. The summed E-state index contributed by atoms with van der Waals surface area (Å²) in [6.45, 7) is 2.57. The van der Waals surface area contributed by atoms with Gasteiger partial charge in [-0.25, -0.2) is 0 Å². The van der Waals surface area contributed by atoms with Gasteiger partial charge < -0.3 is 4.74 Å². The maximum atomic E-state index is 8.63. The summed E-state index contributed by atoms with van der Waals surface area (Å²) in [5.74, 6) is 0.764. The molecule has 0 amide bonds. The molecule has 0 bridgehead atoms. The van der Waals surface area contributed by atoms with E-state index in [0.717, 1.165) is 21.3 Å². The van der Waals surface area contributed by atoms with E-state index in [9.17, 15) is 0 Å². The number of hydrogen-bond acceptors (Lipinski definition) is 2. The Kier molecular flexibility index (Phi) is 4.97. The predicted octanol–water partition coefficient (Wildman–Crippen LogP) is 4.87. The molecule has 0 aliphatic rings. The minimum Gasteiger partial charge on any atom is -0.488 e. The fourth-order valence-corrected chi connectivity index (χ4v) is 2.13. The molecular weight excluding hydrogens is 314 g/mol. The van der Waals surface area contributed by atoms with Crippen molar-refractivity contribution in [3.8, 4) is 11.8 Å². The first kappa shape index (κ1) is 14.4. The zero-order chi connectivity index (χ0) is 14.4. The molecule has 0 saturated heterocycles. The maximum Gasteiger partial charge on any atom is 0.127 e. The molecule has 0 aliphatic carbocycles. The molecule has 3 heteroatoms. The van der Waals surface area contributed by atoms with Crippen LogP contribution in [0.15, 0.2) is 53.0 Å². The van der Waals surface area contributed by atoms with Crippen molar-refractivity contribution >= 4 is 22.0 Å². The molecule has 0 N–H and O–H groups in total. The smallest absolute Gasteiger partial charge is 0.127 e. The molecule has 0 spiro atoms. The average Bonchev–Trinajstić information content (AvgIpc) is 2.46. The van der Waals surface area contributed by atoms with E-state index in [4.69, 9.17) is 10.00 Å². The molecule has 0 radical (unpaired) electrons. The van der Waals surface area contributed by atoms with Gasteiger partial charge in [-0.05, 0) is 36.8 Å². The Hall–Kier alpha value is -2.05. The first-order chi connectivity index (χ1) is 9.69. The van der Waals surface area contributed by atoms with Gasteiger partial charge in [0.2, 0.25) is 0 Å². The van der Waals surface area contributed by atoms with Gasteiger partial charge in [0.1, 0.15) is 12.4 Å². The van der Waals surface area contributed by atoms with Crippen LogP contribution in [0.25, 0.3) is 6.08 Å². The van der Waals surface area contributed by atoms with Crippen molar-refractivity contribution < 1.29 is 4.74 Å². The molecule has 2 aromatic carbocycles. The van der Waals surface area contributed by atoms with E-state index in [-0.39, 0.29) is 0 Å². The molecule has 0 heterocycles. The number of allylic oxidation sites excluding steroid dienone is 1. The van der Waals surface area contributed by atoms with Crippen LogP contribution in [-0.4, -0.2) is 0 Å². The number of halogens is 1. The van der Waals surface area contributed by atoms with Crippen molar-refractivity contribution in [2.45, 2.75) is 13.5 Å². The molecule has 0 atom stereocenters. The Morgan fingerprint density at radius 2 is 1.95 bits per heavy atom. The fourth-order valence-electron chi connectivity index (χ4n) is 1.75. The first-order valence-electron chi connectivity index (χ1n) is 6.23. The van der Waals surface area contributed by atoms with Gasteiger partial charge >= 0.3 is 0 Å². The molecule has 2 nitrogen and oxygen atoms in total. The predicted molar refractivity (Wildman–Crippen MR) is 84.3 cm³/mol. The highest BCUT2D eigenvalue weighted by atomic mass is 79.9. The Balaban J connectivity index is 2.14. The van der Waals surface area contributed by atoms with Crippen molar-refractivity contribution in [2.75, 3.05) is 0 Å². The van der Waals surface area contributed by atoms with E-state index < -0.39 is 0 Å². The van der Waals surface area contributed by atoms with Crippen LogP contribution >= 0.6 is 15.9 Å². The van der Waals surface area contributed by atoms with Gasteiger partial charge in [0.25, 0.3) is 0 Å². The number of nitrogens with zero attached hydrogens (tertiary/aromatic N) is 1. The molecule has 0 saturated carbocycles. The number of ether oxygens (including phenoxy) is 1. The van der Waals surface area contributed by atoms with Crippen LogP contribution in [0.2, 0.25) is 0 Å². The highest BCUT2D eigenvalue weighted by Gasteiger charge is 2.02. The van der Waals surface area contributed by atoms with E-state index in [1.165, 1.54) is 11.6 Å². The first-order valence-corrected chi connectivity index (χ1v) is 7.02. The minimum atomic E-state index is 0.509. The van der Waals surface area contributed by atoms with E-state index in [0.29, 0.717) is 6.61 Å². The lowest BCUT2D eigenvalue weighted by Crippen LogP contribution is -1.97. The van der Waals surface area contributed by atoms with E-state index in [2.05, 4.69) is 47.1 Å². The summed E-state index contributed by atoms with van der Waals surface area (Å²) in [4.78, 5) is 0. The zero-order valence-corrected chi connectivity index (χ0v) is 12.7. The molecule has 0 unspecified atom stereocenters. The molecule has 2 aromatic rings. The van der Waals surface area contributed by atoms with Crippen LogP contribution in [0.1, 0.15) is 16.7 Å². The van der Waals surface area contributed by atoms with Crippen molar-refractivity contribution in [2.24, 2.45) is 0 Å². The molecule has 0 fully saturated rings. The van der Waals surface area contributed by atoms with Crippen LogP contribution in [-0.2, 0) is 6.61 Å². The van der Waals surface area contributed by atoms with Gasteiger partial charge in [0.15, 0.2) is 0 Å². The van der Waals surface area contributed by atoms with Crippen molar-refractivity contribution in [3.05, 3.63) is 69.7 Å². The van der Waals surface area contributed by atoms with Crippen LogP contribution < -0.4 is 4.74 Å². The van der Waals surface area contributed by atoms with Crippen LogP contribution in [0.5, 0.6) is 5.75 Å². The van der Waals surface area contributed by atoms with E-state index in [1.54, 1.807) is 6.08 Å². The summed E-state index contributed by atoms with van der Waals surface area (Å²) in [5, 5.41) is 8.63. The molecule has 2 rings (SSSR count). The summed E-state index contributed by atoms with van der Waals surface area (Å²) >= 11 is 3.42. The summed E-state index contributed by atoms with van der Waals surface area (Å²) in [5.41, 5.74) is 3.23. The highest BCUT2D eigenvalue weighted by Crippen LogP contribution is 2.25. The lowest BCUT2D eigenvalue weighted by Gasteiger charge is -2.10. The van der Waals surface area contributed by atoms with Gasteiger partial charge in [0, 0.05) is 16.1 Å². The molecule has 0 aromatic heterocycles. The lowest BCUT2D eigenvalue weighted by molar-refractivity contribution is 0.305. The molecular formula is C17H14BrNO. The maximum absolute atomic E-state index is 8.63. The summed E-state index contributed by atoms with van der Waals surface area (Å²) in [6.07, 6.45) is 3.19. The van der Waals surface area contributed by atoms with Gasteiger partial charge in [0.05, 0.1) is 6.07 Å². The van der Waals surface area contributed by atoms with E-state index in [1.807, 2.05) is 24.3 Å². The SMILES string of the molecule is Cc1ccc(COc2ccc(Br)cc2C=CC#N)cc1. The molecule has 100 valence electrons. The Bertz CT molecular complexity index is 654. The second-order valence-corrected chi connectivity index (χ2v) is 5.33. The normalized spacial score (nSPS) is 10.4. The molecule has 20 heavy (non-hydrogen) atoms. The number of benzene rings is 2. The second-order valence-electron chi connectivity index (χ2n) is 4.42. The van der Waals surface area contributed by atoms with E-state index >= 15 is 0 Å². The number of aryl methyl sites for hydroxylation is 1. The number of nitriles is 1. The summed E-state index contributed by atoms with van der Waals surface area (Å²) in [6, 6.07) is 16.0. The third-order valence-electron chi connectivity index (χ3n) is 2.82. The highest BCUT2D eigenvalue weighted by molar-refractivity contribution is 9.10. The average molecular weight is 328 g/mol. The molecule has 0 aliphatic heterocycles. The second kappa shape index (κ2) is 6.93. The summed E-state index contributed by atoms with van der Waals surface area (Å²) < 4.78 is 6.79. The monoisotopic (exact) mass is 327 g/mol. The third-order valence-corrected chi connectivity index (χ3v) is 3.32. The van der Waals surface area contributed by atoms with Gasteiger partial charge in [-0.3, -0.25) is 0 Å². The standard InChI is InChI=1S/C17H14BrNO/c1-13-4-6-14(7-5-13)12-20-17-9-8-16(18)11-15(17)3-2-10-19/h2-9,11H,12H2,1H3. The van der Waals surface area contributed by atoms with Gasteiger partial charge in [-0.15, -0.1) is 0 Å². The Labute approximate surface area is 127 Å². The van der Waals surface area contributed by atoms with Gasteiger partial charge in [-0.2, -0.15) is 5.26 Å². The number of rotatable bonds is 4. The van der Waals surface area contributed by atoms with Crippen LogP contribution in [0, 0.1) is 18.3 Å². The summed E-state index contributed by atoms with van der Waals surface area (Å²) in [7, 11) is 0. The topological polar surface area (TPSA) is 33.0 Å². The fraction of sp³-hybridized carbons (Fsp3) is 0.118. The van der Waals surface area contributed by atoms with Gasteiger partial charge in [-0.1, -0.05) is 45.8 Å². The largest absolute Gasteiger partial charge is 0.488 e. The zero-order valence-electron chi connectivity index (χ0n) is 11.1. The van der Waals surface area contributed by atoms with Crippen LogP contribution in [0.4, 0.5) is 0 Å². The van der Waals surface area contributed by atoms with Crippen molar-refractivity contribution in [1.29, 1.82) is 5.26 Å².